The van der Waals surface area contributed by atoms with Crippen LogP contribution in [0.4, 0.5) is 5.69 Å². The molecule has 0 radical (unpaired) electrons. The Labute approximate surface area is 136 Å². The second-order valence-corrected chi connectivity index (χ2v) is 5.49. The van der Waals surface area contributed by atoms with Crippen molar-refractivity contribution < 1.29 is 14.7 Å². The zero-order valence-electron chi connectivity index (χ0n) is 12.0. The van der Waals surface area contributed by atoms with Crippen LogP contribution in [0.15, 0.2) is 48.7 Å². The van der Waals surface area contributed by atoms with E-state index in [0.29, 0.717) is 5.69 Å². The highest BCUT2D eigenvalue weighted by Gasteiger charge is 2.12. The first kappa shape index (κ1) is 15.1. The molecule has 0 saturated carbocycles. The molecule has 0 saturated heterocycles. The molecule has 1 amide bonds. The quantitative estimate of drug-likeness (QED) is 0.683. The molecule has 6 heteroatoms. The molecule has 2 aromatic carbocycles. The van der Waals surface area contributed by atoms with Crippen molar-refractivity contribution in [1.82, 2.24) is 4.98 Å². The summed E-state index contributed by atoms with van der Waals surface area (Å²) in [7, 11) is 0. The maximum Gasteiger partial charge on any atom is 0.337 e. The van der Waals surface area contributed by atoms with Crippen LogP contribution in [0.3, 0.4) is 0 Å². The maximum atomic E-state index is 12.2. The number of anilines is 1. The number of para-hydroxylation sites is 1. The number of aromatic amines is 1. The summed E-state index contributed by atoms with van der Waals surface area (Å²) in [5.41, 5.74) is 2.33. The van der Waals surface area contributed by atoms with Crippen molar-refractivity contribution in [1.29, 1.82) is 0 Å². The Balaban J connectivity index is 1.75. The Morgan fingerprint density at radius 1 is 1.17 bits per heavy atom. The number of halogens is 1. The topological polar surface area (TPSA) is 82.2 Å². The van der Waals surface area contributed by atoms with Gasteiger partial charge in [-0.1, -0.05) is 29.8 Å². The van der Waals surface area contributed by atoms with Crippen LogP contribution in [-0.2, 0) is 11.2 Å². The summed E-state index contributed by atoms with van der Waals surface area (Å²) in [5, 5.41) is 12.7. The lowest BCUT2D eigenvalue weighted by Crippen LogP contribution is -2.14. The highest BCUT2D eigenvalue weighted by atomic mass is 35.5. The largest absolute Gasteiger partial charge is 0.478 e. The predicted molar refractivity (Wildman–Crippen MR) is 89.0 cm³/mol. The molecular weight excluding hydrogens is 316 g/mol. The minimum atomic E-state index is -1.10. The van der Waals surface area contributed by atoms with Gasteiger partial charge in [-0.15, -0.1) is 0 Å². The van der Waals surface area contributed by atoms with Gasteiger partial charge >= 0.3 is 5.97 Å². The number of amides is 1. The highest BCUT2D eigenvalue weighted by Crippen LogP contribution is 2.22. The molecule has 0 aliphatic heterocycles. The van der Waals surface area contributed by atoms with Gasteiger partial charge in [0.05, 0.1) is 17.0 Å². The smallest absolute Gasteiger partial charge is 0.337 e. The summed E-state index contributed by atoms with van der Waals surface area (Å²) in [4.78, 5) is 26.2. The Bertz CT molecular complexity index is 902. The van der Waals surface area contributed by atoms with E-state index in [1.807, 2.05) is 30.5 Å². The molecule has 3 rings (SSSR count). The predicted octanol–water partition coefficient (Wildman–Crippen LogP) is 3.70. The number of hydrogen-bond acceptors (Lipinski definition) is 2. The Morgan fingerprint density at radius 2 is 1.96 bits per heavy atom. The molecule has 0 fully saturated rings. The Kier molecular flexibility index (Phi) is 4.04. The van der Waals surface area contributed by atoms with E-state index in [1.165, 1.54) is 18.2 Å². The first-order valence-electron chi connectivity index (χ1n) is 6.92. The van der Waals surface area contributed by atoms with Crippen molar-refractivity contribution >= 4 is 40.1 Å². The molecule has 5 nitrogen and oxygen atoms in total. The van der Waals surface area contributed by atoms with Crippen LogP contribution in [0.1, 0.15) is 15.9 Å². The standard InChI is InChI=1S/C17H13ClN2O3/c18-14-8-11(5-6-13(14)17(22)23)20-16(21)7-10-9-19-15-4-2-1-3-12(10)15/h1-6,8-9,19H,7H2,(H,20,21)(H,22,23). The molecule has 1 heterocycles. The van der Waals surface area contributed by atoms with Crippen molar-refractivity contribution in [3.05, 3.63) is 64.8 Å². The monoisotopic (exact) mass is 328 g/mol. The zero-order valence-corrected chi connectivity index (χ0v) is 12.7. The number of hydrogen-bond donors (Lipinski definition) is 3. The van der Waals surface area contributed by atoms with Gasteiger partial charge in [0, 0.05) is 22.8 Å². The first-order valence-corrected chi connectivity index (χ1v) is 7.30. The lowest BCUT2D eigenvalue weighted by atomic mass is 10.1. The second kappa shape index (κ2) is 6.14. The highest BCUT2D eigenvalue weighted by molar-refractivity contribution is 6.33. The van der Waals surface area contributed by atoms with Gasteiger partial charge in [0.25, 0.3) is 0 Å². The average Bonchev–Trinajstić information content (AvgIpc) is 2.90. The number of aromatic nitrogens is 1. The summed E-state index contributed by atoms with van der Waals surface area (Å²) in [6.07, 6.45) is 2.02. The SMILES string of the molecule is O=C(Cc1c[nH]c2ccccc12)Nc1ccc(C(=O)O)c(Cl)c1. The van der Waals surface area contributed by atoms with Gasteiger partial charge in [-0.25, -0.2) is 4.79 Å². The summed E-state index contributed by atoms with van der Waals surface area (Å²) in [6.45, 7) is 0. The van der Waals surface area contributed by atoms with Crippen LogP contribution in [-0.4, -0.2) is 22.0 Å². The minimum Gasteiger partial charge on any atom is -0.478 e. The molecule has 1 aromatic heterocycles. The van der Waals surface area contributed by atoms with Crippen molar-refractivity contribution in [3.63, 3.8) is 0 Å². The molecule has 0 bridgehead atoms. The van der Waals surface area contributed by atoms with E-state index in [9.17, 15) is 9.59 Å². The third-order valence-electron chi connectivity index (χ3n) is 3.51. The molecule has 0 spiro atoms. The molecule has 0 aliphatic rings. The molecule has 116 valence electrons. The van der Waals surface area contributed by atoms with Crippen LogP contribution in [0, 0.1) is 0 Å². The van der Waals surface area contributed by atoms with Crippen molar-refractivity contribution in [2.45, 2.75) is 6.42 Å². The molecule has 0 aliphatic carbocycles. The van der Waals surface area contributed by atoms with Gasteiger partial charge in [-0.3, -0.25) is 4.79 Å². The van der Waals surface area contributed by atoms with Crippen LogP contribution >= 0.6 is 11.6 Å². The summed E-state index contributed by atoms with van der Waals surface area (Å²) < 4.78 is 0. The minimum absolute atomic E-state index is 0.00120. The third-order valence-corrected chi connectivity index (χ3v) is 3.82. The van der Waals surface area contributed by atoms with E-state index >= 15 is 0 Å². The van der Waals surface area contributed by atoms with Gasteiger partial charge in [0.2, 0.25) is 5.91 Å². The number of aromatic carboxylic acids is 1. The van der Waals surface area contributed by atoms with Gasteiger partial charge in [0.1, 0.15) is 0 Å². The number of rotatable bonds is 4. The number of carbonyl (C=O) groups excluding carboxylic acids is 1. The van der Waals surface area contributed by atoms with E-state index in [-0.39, 0.29) is 22.9 Å². The number of carbonyl (C=O) groups is 2. The van der Waals surface area contributed by atoms with E-state index < -0.39 is 5.97 Å². The normalized spacial score (nSPS) is 10.7. The zero-order chi connectivity index (χ0) is 16.4. The molecule has 0 atom stereocenters. The third kappa shape index (κ3) is 3.19. The van der Waals surface area contributed by atoms with E-state index in [1.54, 1.807) is 0 Å². The van der Waals surface area contributed by atoms with Gasteiger partial charge < -0.3 is 15.4 Å². The fourth-order valence-corrected chi connectivity index (χ4v) is 2.68. The van der Waals surface area contributed by atoms with E-state index in [2.05, 4.69) is 10.3 Å². The van der Waals surface area contributed by atoms with Crippen molar-refractivity contribution in [3.8, 4) is 0 Å². The first-order chi connectivity index (χ1) is 11.0. The number of nitrogens with one attached hydrogen (secondary N) is 2. The molecule has 23 heavy (non-hydrogen) atoms. The van der Waals surface area contributed by atoms with Crippen molar-refractivity contribution in [2.75, 3.05) is 5.32 Å². The van der Waals surface area contributed by atoms with Crippen LogP contribution in [0.2, 0.25) is 5.02 Å². The molecular formula is C17H13ClN2O3. The summed E-state index contributed by atoms with van der Waals surface area (Å²) in [5.74, 6) is -1.31. The van der Waals surface area contributed by atoms with Crippen LogP contribution in [0.5, 0.6) is 0 Å². The molecule has 0 unspecified atom stereocenters. The number of carboxylic acids is 1. The number of carboxylic acid groups (broad SMARTS) is 1. The molecule has 3 aromatic rings. The van der Waals surface area contributed by atoms with Gasteiger partial charge in [-0.05, 0) is 29.8 Å². The Hall–Kier alpha value is -2.79. The summed E-state index contributed by atoms with van der Waals surface area (Å²) >= 11 is 5.89. The lowest BCUT2D eigenvalue weighted by molar-refractivity contribution is -0.115. The number of H-pyrrole nitrogens is 1. The lowest BCUT2D eigenvalue weighted by Gasteiger charge is -2.07. The van der Waals surface area contributed by atoms with Crippen LogP contribution < -0.4 is 5.32 Å². The van der Waals surface area contributed by atoms with Crippen LogP contribution in [0.25, 0.3) is 10.9 Å². The molecule has 3 N–H and O–H groups in total. The average molecular weight is 329 g/mol. The fourth-order valence-electron chi connectivity index (χ4n) is 2.42. The number of benzene rings is 2. The van der Waals surface area contributed by atoms with E-state index in [0.717, 1.165) is 16.5 Å². The van der Waals surface area contributed by atoms with E-state index in [4.69, 9.17) is 16.7 Å². The van der Waals surface area contributed by atoms with Gasteiger partial charge in [-0.2, -0.15) is 0 Å². The number of fused-ring (bicyclic) bond motifs is 1. The Morgan fingerprint density at radius 3 is 2.70 bits per heavy atom. The maximum absolute atomic E-state index is 12.2. The van der Waals surface area contributed by atoms with Crippen molar-refractivity contribution in [2.24, 2.45) is 0 Å². The summed E-state index contributed by atoms with van der Waals surface area (Å²) in [6, 6.07) is 12.1. The van der Waals surface area contributed by atoms with Gasteiger partial charge in [0.15, 0.2) is 0 Å². The second-order valence-electron chi connectivity index (χ2n) is 5.08. The fraction of sp³-hybridized carbons (Fsp3) is 0.0588.